The summed E-state index contributed by atoms with van der Waals surface area (Å²) < 4.78 is 27.3. The first-order chi connectivity index (χ1) is 14.2. The Kier molecular flexibility index (Phi) is 7.52. The SMILES string of the molecule is CC(C)NS(=O)(=O)c1cccc(C(=O)NC2CCN(Cc3ccc(Cl)cc3)CC2)c1. The van der Waals surface area contributed by atoms with Gasteiger partial charge in [0.1, 0.15) is 0 Å². The van der Waals surface area contributed by atoms with Crippen LogP contribution in [0.25, 0.3) is 0 Å². The molecule has 8 heteroatoms. The summed E-state index contributed by atoms with van der Waals surface area (Å²) in [5.74, 6) is -0.243. The van der Waals surface area contributed by atoms with Gasteiger partial charge in [0.25, 0.3) is 5.91 Å². The quantitative estimate of drug-likeness (QED) is 0.678. The first-order valence-corrected chi connectivity index (χ1v) is 12.0. The number of carbonyl (C=O) groups excluding carboxylic acids is 1. The topological polar surface area (TPSA) is 78.5 Å². The van der Waals surface area contributed by atoms with Gasteiger partial charge in [-0.15, -0.1) is 0 Å². The minimum absolute atomic E-state index is 0.0769. The lowest BCUT2D eigenvalue weighted by Crippen LogP contribution is -2.44. The van der Waals surface area contributed by atoms with Crippen molar-refractivity contribution in [3.05, 3.63) is 64.7 Å². The van der Waals surface area contributed by atoms with Crippen molar-refractivity contribution >= 4 is 27.5 Å². The highest BCUT2D eigenvalue weighted by Gasteiger charge is 2.22. The number of likely N-dealkylation sites (tertiary alicyclic amines) is 1. The van der Waals surface area contributed by atoms with Crippen LogP contribution >= 0.6 is 11.6 Å². The molecule has 0 atom stereocenters. The molecule has 2 aromatic rings. The average molecular weight is 450 g/mol. The van der Waals surface area contributed by atoms with E-state index >= 15 is 0 Å². The van der Waals surface area contributed by atoms with Gasteiger partial charge in [-0.3, -0.25) is 9.69 Å². The third kappa shape index (κ3) is 6.28. The highest BCUT2D eigenvalue weighted by molar-refractivity contribution is 7.89. The summed E-state index contributed by atoms with van der Waals surface area (Å²) in [4.78, 5) is 15.1. The summed E-state index contributed by atoms with van der Waals surface area (Å²) in [6, 6.07) is 13.9. The fourth-order valence-corrected chi connectivity index (χ4v) is 4.96. The van der Waals surface area contributed by atoms with E-state index in [9.17, 15) is 13.2 Å². The zero-order valence-corrected chi connectivity index (χ0v) is 18.8. The van der Waals surface area contributed by atoms with Crippen LogP contribution in [0.2, 0.25) is 5.02 Å². The molecule has 0 aromatic heterocycles. The van der Waals surface area contributed by atoms with Crippen LogP contribution in [-0.4, -0.2) is 44.4 Å². The van der Waals surface area contributed by atoms with Crippen molar-refractivity contribution in [1.29, 1.82) is 0 Å². The van der Waals surface area contributed by atoms with Crippen molar-refractivity contribution in [3.63, 3.8) is 0 Å². The average Bonchev–Trinajstić information content (AvgIpc) is 2.70. The smallest absolute Gasteiger partial charge is 0.251 e. The van der Waals surface area contributed by atoms with Crippen molar-refractivity contribution in [2.24, 2.45) is 0 Å². The van der Waals surface area contributed by atoms with Gasteiger partial charge < -0.3 is 5.32 Å². The zero-order valence-electron chi connectivity index (χ0n) is 17.3. The number of piperidine rings is 1. The Labute approximate surface area is 183 Å². The lowest BCUT2D eigenvalue weighted by molar-refractivity contribution is 0.0908. The number of hydrogen-bond donors (Lipinski definition) is 2. The molecule has 6 nitrogen and oxygen atoms in total. The Morgan fingerprint density at radius 2 is 1.80 bits per heavy atom. The van der Waals surface area contributed by atoms with Crippen molar-refractivity contribution in [2.75, 3.05) is 13.1 Å². The van der Waals surface area contributed by atoms with Crippen LogP contribution < -0.4 is 10.0 Å². The number of rotatable bonds is 7. The summed E-state index contributed by atoms with van der Waals surface area (Å²) in [6.45, 7) is 6.15. The number of halogens is 1. The predicted molar refractivity (Wildman–Crippen MR) is 119 cm³/mol. The largest absolute Gasteiger partial charge is 0.349 e. The van der Waals surface area contributed by atoms with Crippen LogP contribution in [0, 0.1) is 0 Å². The lowest BCUT2D eigenvalue weighted by Gasteiger charge is -2.32. The van der Waals surface area contributed by atoms with E-state index in [-0.39, 0.29) is 22.9 Å². The number of nitrogens with one attached hydrogen (secondary N) is 2. The molecule has 0 unspecified atom stereocenters. The maximum atomic E-state index is 12.7. The Morgan fingerprint density at radius 3 is 2.43 bits per heavy atom. The molecule has 2 aromatic carbocycles. The molecule has 1 saturated heterocycles. The molecule has 1 aliphatic rings. The van der Waals surface area contributed by atoms with Crippen LogP contribution in [0.3, 0.4) is 0 Å². The van der Waals surface area contributed by atoms with Crippen molar-refractivity contribution in [3.8, 4) is 0 Å². The summed E-state index contributed by atoms with van der Waals surface area (Å²) in [5.41, 5.74) is 1.57. The van der Waals surface area contributed by atoms with Gasteiger partial charge in [0, 0.05) is 42.3 Å². The van der Waals surface area contributed by atoms with E-state index in [2.05, 4.69) is 14.9 Å². The number of carbonyl (C=O) groups is 1. The highest BCUT2D eigenvalue weighted by atomic mass is 35.5. The second-order valence-corrected chi connectivity index (χ2v) is 10.1. The van der Waals surface area contributed by atoms with E-state index in [0.717, 1.165) is 37.5 Å². The molecule has 0 radical (unpaired) electrons. The van der Waals surface area contributed by atoms with Crippen molar-refractivity contribution in [1.82, 2.24) is 14.9 Å². The standard InChI is InChI=1S/C22H28ClN3O3S/c1-16(2)25-30(28,29)21-5-3-4-18(14-21)22(27)24-20-10-12-26(13-11-20)15-17-6-8-19(23)9-7-17/h3-9,14,16,20,25H,10-13,15H2,1-2H3,(H,24,27). The molecule has 1 aliphatic heterocycles. The van der Waals surface area contributed by atoms with Gasteiger partial charge in [-0.25, -0.2) is 13.1 Å². The van der Waals surface area contributed by atoms with Gasteiger partial charge in [0.05, 0.1) is 4.90 Å². The fraction of sp³-hybridized carbons (Fsp3) is 0.409. The van der Waals surface area contributed by atoms with Crippen LogP contribution in [0.5, 0.6) is 0 Å². The normalized spacial score (nSPS) is 16.0. The maximum absolute atomic E-state index is 12.7. The first-order valence-electron chi connectivity index (χ1n) is 10.1. The third-order valence-corrected chi connectivity index (χ3v) is 6.95. The van der Waals surface area contributed by atoms with Crippen LogP contribution in [-0.2, 0) is 16.6 Å². The molecular formula is C22H28ClN3O3S. The Hall–Kier alpha value is -1.93. The van der Waals surface area contributed by atoms with E-state index in [4.69, 9.17) is 11.6 Å². The molecule has 162 valence electrons. The first kappa shape index (κ1) is 22.7. The fourth-order valence-electron chi connectivity index (χ4n) is 3.53. The molecule has 2 N–H and O–H groups in total. The number of hydrogen-bond acceptors (Lipinski definition) is 4. The second-order valence-electron chi connectivity index (χ2n) is 7.95. The minimum atomic E-state index is -3.63. The molecule has 1 heterocycles. The second kappa shape index (κ2) is 9.92. The van der Waals surface area contributed by atoms with E-state index < -0.39 is 10.0 Å². The van der Waals surface area contributed by atoms with E-state index in [1.54, 1.807) is 26.0 Å². The van der Waals surface area contributed by atoms with Crippen LogP contribution in [0.15, 0.2) is 53.4 Å². The summed E-state index contributed by atoms with van der Waals surface area (Å²) in [7, 11) is -3.63. The molecule has 30 heavy (non-hydrogen) atoms. The lowest BCUT2D eigenvalue weighted by atomic mass is 10.0. The molecule has 0 bridgehead atoms. The van der Waals surface area contributed by atoms with Gasteiger partial charge >= 0.3 is 0 Å². The molecule has 1 fully saturated rings. The zero-order chi connectivity index (χ0) is 21.7. The molecule has 0 saturated carbocycles. The Bertz CT molecular complexity index is 969. The summed E-state index contributed by atoms with van der Waals surface area (Å²) >= 11 is 5.94. The number of benzene rings is 2. The molecule has 3 rings (SSSR count). The molecule has 1 amide bonds. The number of nitrogens with zero attached hydrogens (tertiary/aromatic N) is 1. The maximum Gasteiger partial charge on any atom is 0.251 e. The number of sulfonamides is 1. The van der Waals surface area contributed by atoms with E-state index in [1.807, 2.05) is 24.3 Å². The highest BCUT2D eigenvalue weighted by Crippen LogP contribution is 2.17. The summed E-state index contributed by atoms with van der Waals surface area (Å²) in [5, 5.41) is 3.78. The van der Waals surface area contributed by atoms with Crippen molar-refractivity contribution < 1.29 is 13.2 Å². The van der Waals surface area contributed by atoms with Crippen LogP contribution in [0.1, 0.15) is 42.6 Å². The predicted octanol–water partition coefficient (Wildman–Crippen LogP) is 3.42. The van der Waals surface area contributed by atoms with Gasteiger partial charge in [-0.1, -0.05) is 29.8 Å². The van der Waals surface area contributed by atoms with Gasteiger partial charge in [-0.2, -0.15) is 0 Å². The Balaban J connectivity index is 1.54. The molecule has 0 spiro atoms. The van der Waals surface area contributed by atoms with Crippen molar-refractivity contribution in [2.45, 2.75) is 50.2 Å². The molecular weight excluding hydrogens is 422 g/mol. The van der Waals surface area contributed by atoms with Gasteiger partial charge in [0.15, 0.2) is 0 Å². The Morgan fingerprint density at radius 1 is 1.13 bits per heavy atom. The number of amides is 1. The van der Waals surface area contributed by atoms with E-state index in [1.165, 1.54) is 17.7 Å². The van der Waals surface area contributed by atoms with Crippen LogP contribution in [0.4, 0.5) is 0 Å². The van der Waals surface area contributed by atoms with E-state index in [0.29, 0.717) is 5.56 Å². The van der Waals surface area contributed by atoms with Gasteiger partial charge in [-0.05, 0) is 62.6 Å². The minimum Gasteiger partial charge on any atom is -0.349 e. The molecule has 0 aliphatic carbocycles. The summed E-state index contributed by atoms with van der Waals surface area (Å²) in [6.07, 6.45) is 1.71. The van der Waals surface area contributed by atoms with Gasteiger partial charge in [0.2, 0.25) is 10.0 Å². The third-order valence-electron chi connectivity index (χ3n) is 5.04. The monoisotopic (exact) mass is 449 g/mol.